The number of hydrogen-bond donors (Lipinski definition) is 0. The second-order valence-corrected chi connectivity index (χ2v) is 9.25. The van der Waals surface area contributed by atoms with E-state index in [0.29, 0.717) is 24.2 Å². The Morgan fingerprint density at radius 2 is 1.48 bits per heavy atom. The van der Waals surface area contributed by atoms with Crippen LogP contribution in [0.5, 0.6) is 0 Å². The van der Waals surface area contributed by atoms with Gasteiger partial charge in [-0.15, -0.1) is 0 Å². The van der Waals surface area contributed by atoms with Crippen LogP contribution >= 0.6 is 0 Å². The van der Waals surface area contributed by atoms with Crippen molar-refractivity contribution >= 4 is 0 Å². The summed E-state index contributed by atoms with van der Waals surface area (Å²) in [4.78, 5) is 0. The summed E-state index contributed by atoms with van der Waals surface area (Å²) >= 11 is 0. The lowest BCUT2D eigenvalue weighted by atomic mass is 9.83. The van der Waals surface area contributed by atoms with Crippen LogP contribution in [0.1, 0.15) is 78.1 Å². The summed E-state index contributed by atoms with van der Waals surface area (Å²) in [5.41, 5.74) is 0.358. The maximum absolute atomic E-state index is 6.05. The molecule has 2 heterocycles. The molecule has 6 unspecified atom stereocenters. The summed E-state index contributed by atoms with van der Waals surface area (Å²) in [6.45, 7) is 7.25. The molecule has 144 valence electrons. The van der Waals surface area contributed by atoms with Crippen LogP contribution in [0.4, 0.5) is 0 Å². The van der Waals surface area contributed by atoms with E-state index in [1.165, 1.54) is 57.8 Å². The number of ether oxygens (including phenoxy) is 4. The SMILES string of the molecule is CC12CC(COCCCCCCOC3CCC4OC4(C)C3)CCC1O2. The highest BCUT2D eigenvalue weighted by Gasteiger charge is 2.56. The Bertz CT molecular complexity index is 415. The lowest BCUT2D eigenvalue weighted by molar-refractivity contribution is 0.0205. The van der Waals surface area contributed by atoms with E-state index in [9.17, 15) is 0 Å². The van der Waals surface area contributed by atoms with Crippen molar-refractivity contribution in [2.75, 3.05) is 19.8 Å². The highest BCUT2D eigenvalue weighted by Crippen LogP contribution is 2.49. The van der Waals surface area contributed by atoms with Crippen molar-refractivity contribution in [1.82, 2.24) is 0 Å². The molecule has 4 nitrogen and oxygen atoms in total. The minimum Gasteiger partial charge on any atom is -0.381 e. The fraction of sp³-hybridized carbons (Fsp3) is 1.00. The third kappa shape index (κ3) is 4.58. The Labute approximate surface area is 152 Å². The van der Waals surface area contributed by atoms with Gasteiger partial charge < -0.3 is 18.9 Å². The van der Waals surface area contributed by atoms with E-state index in [1.807, 2.05) is 0 Å². The van der Waals surface area contributed by atoms with E-state index in [-0.39, 0.29) is 11.2 Å². The molecule has 6 atom stereocenters. The molecule has 0 radical (unpaired) electrons. The Morgan fingerprint density at radius 1 is 0.800 bits per heavy atom. The molecule has 0 aromatic heterocycles. The summed E-state index contributed by atoms with van der Waals surface area (Å²) in [5.74, 6) is 0.713. The molecule has 2 saturated carbocycles. The van der Waals surface area contributed by atoms with Gasteiger partial charge in [-0.1, -0.05) is 12.8 Å². The highest BCUT2D eigenvalue weighted by molar-refractivity contribution is 5.04. The average Bonchev–Trinajstić information content (AvgIpc) is 3.45. The predicted octanol–water partition coefficient (Wildman–Crippen LogP) is 4.25. The van der Waals surface area contributed by atoms with E-state index in [1.54, 1.807) is 0 Å². The summed E-state index contributed by atoms with van der Waals surface area (Å²) in [5, 5.41) is 0. The van der Waals surface area contributed by atoms with E-state index >= 15 is 0 Å². The van der Waals surface area contributed by atoms with E-state index in [0.717, 1.165) is 26.2 Å². The topological polar surface area (TPSA) is 43.5 Å². The standard InChI is InChI=1S/C21H36O4/c1-20-13-16(7-9-18(20)24-20)15-22-11-5-3-4-6-12-23-17-8-10-19-21(2,14-17)25-19/h16-19H,3-15H2,1-2H3. The molecular formula is C21H36O4. The summed E-state index contributed by atoms with van der Waals surface area (Å²) in [6, 6.07) is 0. The molecule has 0 amide bonds. The van der Waals surface area contributed by atoms with Crippen molar-refractivity contribution in [2.24, 2.45) is 5.92 Å². The molecular weight excluding hydrogens is 316 g/mol. The third-order valence-electron chi connectivity index (χ3n) is 6.88. The van der Waals surface area contributed by atoms with E-state index < -0.39 is 0 Å². The molecule has 4 rings (SSSR count). The smallest absolute Gasteiger partial charge is 0.0945 e. The zero-order valence-corrected chi connectivity index (χ0v) is 16.1. The quantitative estimate of drug-likeness (QED) is 0.435. The minimum atomic E-state index is 0.155. The van der Waals surface area contributed by atoms with Crippen molar-refractivity contribution in [3.8, 4) is 0 Å². The van der Waals surface area contributed by atoms with Crippen molar-refractivity contribution in [1.29, 1.82) is 0 Å². The summed E-state index contributed by atoms with van der Waals surface area (Å²) in [7, 11) is 0. The minimum absolute atomic E-state index is 0.155. The Balaban J connectivity index is 0.953. The first-order valence-electron chi connectivity index (χ1n) is 10.6. The maximum atomic E-state index is 6.05. The molecule has 4 aliphatic rings. The van der Waals surface area contributed by atoms with Gasteiger partial charge in [-0.05, 0) is 64.7 Å². The fourth-order valence-electron chi connectivity index (χ4n) is 5.07. The lowest BCUT2D eigenvalue weighted by Crippen LogP contribution is -2.28. The van der Waals surface area contributed by atoms with Gasteiger partial charge in [0.15, 0.2) is 0 Å². The normalized spacial score (nSPS) is 44.9. The monoisotopic (exact) mass is 352 g/mol. The van der Waals surface area contributed by atoms with Crippen LogP contribution < -0.4 is 0 Å². The fourth-order valence-corrected chi connectivity index (χ4v) is 5.07. The molecule has 0 bridgehead atoms. The van der Waals surface area contributed by atoms with Crippen molar-refractivity contribution < 1.29 is 18.9 Å². The van der Waals surface area contributed by atoms with Crippen LogP contribution in [0.2, 0.25) is 0 Å². The molecule has 4 fully saturated rings. The Hall–Kier alpha value is -0.160. The third-order valence-corrected chi connectivity index (χ3v) is 6.88. The first kappa shape index (κ1) is 18.2. The van der Waals surface area contributed by atoms with Crippen molar-refractivity contribution in [3.05, 3.63) is 0 Å². The first-order chi connectivity index (χ1) is 12.1. The largest absolute Gasteiger partial charge is 0.381 e. The maximum Gasteiger partial charge on any atom is 0.0945 e. The zero-order valence-electron chi connectivity index (χ0n) is 16.1. The number of epoxide rings is 2. The Kier molecular flexibility index (Phi) is 5.43. The average molecular weight is 353 g/mol. The molecule has 2 aliphatic heterocycles. The van der Waals surface area contributed by atoms with Crippen LogP contribution in [0.25, 0.3) is 0 Å². The molecule has 0 aromatic carbocycles. The molecule has 25 heavy (non-hydrogen) atoms. The molecule has 0 aromatic rings. The van der Waals surface area contributed by atoms with Crippen LogP contribution in [0.3, 0.4) is 0 Å². The van der Waals surface area contributed by atoms with Gasteiger partial charge in [-0.3, -0.25) is 0 Å². The zero-order chi connectivity index (χ0) is 17.3. The van der Waals surface area contributed by atoms with Crippen molar-refractivity contribution in [3.63, 3.8) is 0 Å². The highest BCUT2D eigenvalue weighted by atomic mass is 16.6. The molecule has 2 saturated heterocycles. The van der Waals surface area contributed by atoms with Gasteiger partial charge in [0.05, 0.1) is 29.5 Å². The molecule has 0 spiro atoms. The number of fused-ring (bicyclic) bond motifs is 2. The molecule has 0 N–H and O–H groups in total. The van der Waals surface area contributed by atoms with Gasteiger partial charge in [-0.25, -0.2) is 0 Å². The van der Waals surface area contributed by atoms with Crippen LogP contribution in [0, 0.1) is 5.92 Å². The van der Waals surface area contributed by atoms with E-state index in [2.05, 4.69) is 13.8 Å². The van der Waals surface area contributed by atoms with Crippen LogP contribution in [0.15, 0.2) is 0 Å². The lowest BCUT2D eigenvalue weighted by Gasteiger charge is -2.23. The predicted molar refractivity (Wildman–Crippen MR) is 96.8 cm³/mol. The van der Waals surface area contributed by atoms with Gasteiger partial charge >= 0.3 is 0 Å². The second kappa shape index (κ2) is 7.46. The van der Waals surface area contributed by atoms with Gasteiger partial charge in [0, 0.05) is 26.2 Å². The molecule has 2 aliphatic carbocycles. The van der Waals surface area contributed by atoms with Crippen molar-refractivity contribution in [2.45, 2.75) is 108 Å². The molecule has 4 heteroatoms. The van der Waals surface area contributed by atoms with E-state index in [4.69, 9.17) is 18.9 Å². The van der Waals surface area contributed by atoms with Crippen LogP contribution in [-0.4, -0.2) is 49.3 Å². The van der Waals surface area contributed by atoms with Gasteiger partial charge in [0.2, 0.25) is 0 Å². The van der Waals surface area contributed by atoms with Crippen LogP contribution in [-0.2, 0) is 18.9 Å². The number of rotatable bonds is 10. The Morgan fingerprint density at radius 3 is 2.20 bits per heavy atom. The van der Waals surface area contributed by atoms with Gasteiger partial charge in [-0.2, -0.15) is 0 Å². The van der Waals surface area contributed by atoms with Gasteiger partial charge in [0.25, 0.3) is 0 Å². The summed E-state index contributed by atoms with van der Waals surface area (Å²) in [6.07, 6.45) is 13.6. The van der Waals surface area contributed by atoms with Gasteiger partial charge in [0.1, 0.15) is 0 Å². The second-order valence-electron chi connectivity index (χ2n) is 9.25. The number of unbranched alkanes of at least 4 members (excludes halogenated alkanes) is 3. The number of hydrogen-bond acceptors (Lipinski definition) is 4. The summed E-state index contributed by atoms with van der Waals surface area (Å²) < 4.78 is 23.5. The first-order valence-corrected chi connectivity index (χ1v) is 10.6.